The van der Waals surface area contributed by atoms with E-state index in [4.69, 9.17) is 0 Å². The molecule has 114 valence electrons. The predicted molar refractivity (Wildman–Crippen MR) is 90.6 cm³/mol. The van der Waals surface area contributed by atoms with Crippen molar-refractivity contribution in [3.8, 4) is 0 Å². The number of nitrogens with one attached hydrogen (secondary N) is 1. The standard InChI is InChI=1S/C16H19N5S/c1-2-4-14-13(3-1)16(19-22-14)21-11-9-20(10-12-21)8-5-15-17-6-7-18-15/h1-4,6-7H,5,8-12H2,(H,17,18). The van der Waals surface area contributed by atoms with Crippen LogP contribution in [-0.2, 0) is 6.42 Å². The van der Waals surface area contributed by atoms with Crippen molar-refractivity contribution in [3.05, 3.63) is 42.5 Å². The summed E-state index contributed by atoms with van der Waals surface area (Å²) in [4.78, 5) is 12.4. The molecule has 1 N–H and O–H groups in total. The second kappa shape index (κ2) is 6.06. The van der Waals surface area contributed by atoms with Crippen LogP contribution in [0.15, 0.2) is 36.7 Å². The molecule has 0 aliphatic carbocycles. The van der Waals surface area contributed by atoms with Crippen molar-refractivity contribution < 1.29 is 0 Å². The van der Waals surface area contributed by atoms with Gasteiger partial charge in [-0.25, -0.2) is 4.98 Å². The summed E-state index contributed by atoms with van der Waals surface area (Å²) in [6, 6.07) is 8.50. The van der Waals surface area contributed by atoms with Crippen molar-refractivity contribution in [2.45, 2.75) is 6.42 Å². The molecule has 6 heteroatoms. The number of H-pyrrole nitrogens is 1. The highest BCUT2D eigenvalue weighted by molar-refractivity contribution is 7.13. The predicted octanol–water partition coefficient (Wildman–Crippen LogP) is 2.38. The molecule has 0 spiro atoms. The smallest absolute Gasteiger partial charge is 0.150 e. The summed E-state index contributed by atoms with van der Waals surface area (Å²) in [5.41, 5.74) is 0. The van der Waals surface area contributed by atoms with E-state index < -0.39 is 0 Å². The van der Waals surface area contributed by atoms with Gasteiger partial charge in [0.15, 0.2) is 0 Å². The van der Waals surface area contributed by atoms with Gasteiger partial charge in [-0.05, 0) is 23.7 Å². The molecule has 0 atom stereocenters. The van der Waals surface area contributed by atoms with Crippen molar-refractivity contribution in [1.82, 2.24) is 19.2 Å². The number of anilines is 1. The average Bonchev–Trinajstić information content (AvgIpc) is 3.23. The minimum absolute atomic E-state index is 0.993. The highest BCUT2D eigenvalue weighted by Crippen LogP contribution is 2.29. The van der Waals surface area contributed by atoms with Crippen molar-refractivity contribution >= 4 is 27.4 Å². The summed E-state index contributed by atoms with van der Waals surface area (Å²) in [6.45, 7) is 5.34. The molecule has 0 saturated carbocycles. The number of hydrogen-bond acceptors (Lipinski definition) is 5. The maximum absolute atomic E-state index is 4.66. The third kappa shape index (κ3) is 2.71. The summed E-state index contributed by atoms with van der Waals surface area (Å²) in [7, 11) is 0. The van der Waals surface area contributed by atoms with Crippen LogP contribution in [-0.4, -0.2) is 52.0 Å². The van der Waals surface area contributed by atoms with E-state index in [2.05, 4.69) is 48.4 Å². The molecule has 1 aliphatic rings. The lowest BCUT2D eigenvalue weighted by Crippen LogP contribution is -2.47. The topological polar surface area (TPSA) is 48.0 Å². The van der Waals surface area contributed by atoms with Crippen LogP contribution in [0.1, 0.15) is 5.82 Å². The molecule has 0 radical (unpaired) electrons. The minimum atomic E-state index is 0.993. The first kappa shape index (κ1) is 13.7. The summed E-state index contributed by atoms with van der Waals surface area (Å²) in [5.74, 6) is 2.24. The first-order chi connectivity index (χ1) is 10.9. The molecular formula is C16H19N5S. The number of piperazine rings is 1. The van der Waals surface area contributed by atoms with Crippen molar-refractivity contribution in [2.24, 2.45) is 0 Å². The van der Waals surface area contributed by atoms with Crippen LogP contribution in [0.25, 0.3) is 10.1 Å². The SMILES string of the molecule is c1ccc2c(N3CCN(CCc4ncc[nH]4)CC3)nsc2c1. The fourth-order valence-corrected chi connectivity index (χ4v) is 3.78. The number of aromatic nitrogens is 3. The molecule has 22 heavy (non-hydrogen) atoms. The highest BCUT2D eigenvalue weighted by Gasteiger charge is 2.20. The normalized spacial score (nSPS) is 16.5. The molecule has 1 aromatic carbocycles. The lowest BCUT2D eigenvalue weighted by molar-refractivity contribution is 0.259. The van der Waals surface area contributed by atoms with Crippen molar-refractivity contribution in [1.29, 1.82) is 0 Å². The largest absolute Gasteiger partial charge is 0.353 e. The number of benzene rings is 1. The lowest BCUT2D eigenvalue weighted by Gasteiger charge is -2.34. The Labute approximate surface area is 133 Å². The van der Waals surface area contributed by atoms with E-state index in [9.17, 15) is 0 Å². The summed E-state index contributed by atoms with van der Waals surface area (Å²) >= 11 is 1.60. The highest BCUT2D eigenvalue weighted by atomic mass is 32.1. The van der Waals surface area contributed by atoms with E-state index in [1.54, 1.807) is 11.5 Å². The van der Waals surface area contributed by atoms with Gasteiger partial charge in [0.1, 0.15) is 11.6 Å². The van der Waals surface area contributed by atoms with Crippen LogP contribution in [0.2, 0.25) is 0 Å². The van der Waals surface area contributed by atoms with Crippen molar-refractivity contribution in [2.75, 3.05) is 37.6 Å². The van der Waals surface area contributed by atoms with Gasteiger partial charge in [0.2, 0.25) is 0 Å². The fourth-order valence-electron chi connectivity index (χ4n) is 2.98. The lowest BCUT2D eigenvalue weighted by atomic mass is 10.2. The second-order valence-corrected chi connectivity index (χ2v) is 6.42. The van der Waals surface area contributed by atoms with E-state index in [1.165, 1.54) is 10.1 Å². The second-order valence-electron chi connectivity index (χ2n) is 5.62. The molecule has 0 unspecified atom stereocenters. The van der Waals surface area contributed by atoms with E-state index in [0.717, 1.165) is 50.8 Å². The maximum Gasteiger partial charge on any atom is 0.150 e. The van der Waals surface area contributed by atoms with Gasteiger partial charge in [-0.3, -0.25) is 4.90 Å². The number of imidazole rings is 1. The fraction of sp³-hybridized carbons (Fsp3) is 0.375. The summed E-state index contributed by atoms with van der Waals surface area (Å²) in [5, 5.41) is 1.29. The number of fused-ring (bicyclic) bond motifs is 1. The van der Waals surface area contributed by atoms with E-state index in [-0.39, 0.29) is 0 Å². The molecule has 4 rings (SSSR count). The van der Waals surface area contributed by atoms with Crippen LogP contribution in [0.5, 0.6) is 0 Å². The molecule has 0 amide bonds. The number of aromatic amines is 1. The zero-order valence-electron chi connectivity index (χ0n) is 12.4. The molecule has 1 saturated heterocycles. The number of nitrogens with zero attached hydrogens (tertiary/aromatic N) is 4. The minimum Gasteiger partial charge on any atom is -0.353 e. The van der Waals surface area contributed by atoms with Crippen LogP contribution in [0.3, 0.4) is 0 Å². The van der Waals surface area contributed by atoms with Gasteiger partial charge < -0.3 is 9.88 Å². The maximum atomic E-state index is 4.66. The molecule has 1 aliphatic heterocycles. The van der Waals surface area contributed by atoms with Crippen LogP contribution in [0.4, 0.5) is 5.82 Å². The Morgan fingerprint density at radius 1 is 1.14 bits per heavy atom. The van der Waals surface area contributed by atoms with Gasteiger partial charge in [-0.15, -0.1) is 0 Å². The molecule has 2 aromatic heterocycles. The molecular weight excluding hydrogens is 294 g/mol. The number of hydrogen-bond donors (Lipinski definition) is 1. The Morgan fingerprint density at radius 2 is 2.00 bits per heavy atom. The van der Waals surface area contributed by atoms with E-state index >= 15 is 0 Å². The number of rotatable bonds is 4. The average molecular weight is 313 g/mol. The molecule has 1 fully saturated rings. The van der Waals surface area contributed by atoms with Gasteiger partial charge in [0, 0.05) is 56.9 Å². The molecule has 3 aromatic rings. The van der Waals surface area contributed by atoms with Gasteiger partial charge in [0.05, 0.1) is 4.70 Å². The monoisotopic (exact) mass is 313 g/mol. The quantitative estimate of drug-likeness (QED) is 0.803. The van der Waals surface area contributed by atoms with Gasteiger partial charge in [-0.1, -0.05) is 12.1 Å². The Morgan fingerprint density at radius 3 is 2.82 bits per heavy atom. The summed E-state index contributed by atoms with van der Waals surface area (Å²) in [6.07, 6.45) is 4.70. The third-order valence-electron chi connectivity index (χ3n) is 4.25. The molecule has 5 nitrogen and oxygen atoms in total. The Hall–Kier alpha value is -1.92. The molecule has 0 bridgehead atoms. The zero-order valence-corrected chi connectivity index (χ0v) is 13.2. The van der Waals surface area contributed by atoms with Gasteiger partial charge in [-0.2, -0.15) is 4.37 Å². The van der Waals surface area contributed by atoms with Gasteiger partial charge >= 0.3 is 0 Å². The van der Waals surface area contributed by atoms with Gasteiger partial charge in [0.25, 0.3) is 0 Å². The first-order valence-electron chi connectivity index (χ1n) is 7.70. The van der Waals surface area contributed by atoms with E-state index in [1.807, 2.05) is 12.4 Å². The Kier molecular flexibility index (Phi) is 3.78. The first-order valence-corrected chi connectivity index (χ1v) is 8.47. The third-order valence-corrected chi connectivity index (χ3v) is 5.07. The Balaban J connectivity index is 1.37. The zero-order chi connectivity index (χ0) is 14.8. The van der Waals surface area contributed by atoms with Crippen molar-refractivity contribution in [3.63, 3.8) is 0 Å². The Bertz CT molecular complexity index is 728. The summed E-state index contributed by atoms with van der Waals surface area (Å²) < 4.78 is 5.94. The molecule has 3 heterocycles. The van der Waals surface area contributed by atoms with Crippen LogP contribution in [0, 0.1) is 0 Å². The van der Waals surface area contributed by atoms with Crippen LogP contribution < -0.4 is 4.90 Å². The van der Waals surface area contributed by atoms with Crippen LogP contribution >= 0.6 is 11.5 Å². The van der Waals surface area contributed by atoms with E-state index in [0.29, 0.717) is 0 Å².